The van der Waals surface area contributed by atoms with Gasteiger partial charge in [-0.1, -0.05) is 17.7 Å². The third kappa shape index (κ3) is 4.08. The maximum atomic E-state index is 12.6. The van der Waals surface area contributed by atoms with Gasteiger partial charge in [0.2, 0.25) is 0 Å². The largest absolute Gasteiger partial charge is 0.336 e. The minimum atomic E-state index is -0.149. The third-order valence-electron chi connectivity index (χ3n) is 4.77. The fraction of sp³-hybridized carbons (Fsp3) is 0.333. The van der Waals surface area contributed by atoms with E-state index in [0.717, 1.165) is 24.9 Å². The van der Waals surface area contributed by atoms with Gasteiger partial charge in [-0.2, -0.15) is 0 Å². The van der Waals surface area contributed by atoms with Crippen molar-refractivity contribution in [2.24, 2.45) is 0 Å². The first kappa shape index (κ1) is 17.2. The first-order valence-corrected chi connectivity index (χ1v) is 8.83. The molecule has 1 aliphatic heterocycles. The maximum Gasteiger partial charge on any atom is 0.255 e. The number of likely N-dealkylation sites (tertiary alicyclic amines) is 1. The Morgan fingerprint density at radius 3 is 2.24 bits per heavy atom. The van der Waals surface area contributed by atoms with Crippen LogP contribution in [0.1, 0.15) is 52.5 Å². The molecular weight excluding hydrogens is 312 g/mol. The van der Waals surface area contributed by atoms with E-state index in [-0.39, 0.29) is 11.8 Å². The van der Waals surface area contributed by atoms with Crippen LogP contribution in [0.15, 0.2) is 48.5 Å². The van der Waals surface area contributed by atoms with Crippen molar-refractivity contribution in [1.29, 1.82) is 0 Å². The van der Waals surface area contributed by atoms with Gasteiger partial charge in [0.15, 0.2) is 0 Å². The Labute approximate surface area is 148 Å². The molecule has 1 saturated heterocycles. The molecule has 0 saturated carbocycles. The molecule has 25 heavy (non-hydrogen) atoms. The highest BCUT2D eigenvalue weighted by atomic mass is 16.2. The zero-order valence-electron chi connectivity index (χ0n) is 14.8. The predicted molar refractivity (Wildman–Crippen MR) is 99.9 cm³/mol. The Morgan fingerprint density at radius 2 is 1.60 bits per heavy atom. The molecule has 0 aromatic heterocycles. The van der Waals surface area contributed by atoms with Gasteiger partial charge < -0.3 is 10.2 Å². The lowest BCUT2D eigenvalue weighted by molar-refractivity contribution is 0.0635. The second-order valence-electron chi connectivity index (χ2n) is 6.74. The standard InChI is InChI=1S/C21H24N2O2/c1-15-6-8-17(9-7-15)20(24)22-19-12-10-18(11-13-19)21(25)23-14-4-3-5-16(23)2/h6-13,16H,3-5,14H2,1-2H3,(H,22,24)/t16-/m0/s1. The second kappa shape index (κ2) is 7.51. The van der Waals surface area contributed by atoms with E-state index < -0.39 is 0 Å². The van der Waals surface area contributed by atoms with Crippen molar-refractivity contribution in [3.05, 3.63) is 65.2 Å². The van der Waals surface area contributed by atoms with Gasteiger partial charge in [0.05, 0.1) is 0 Å². The number of hydrogen-bond donors (Lipinski definition) is 1. The number of carbonyl (C=O) groups is 2. The number of anilines is 1. The van der Waals surface area contributed by atoms with Gasteiger partial charge in [0.25, 0.3) is 11.8 Å². The van der Waals surface area contributed by atoms with Crippen molar-refractivity contribution >= 4 is 17.5 Å². The molecule has 1 fully saturated rings. The van der Waals surface area contributed by atoms with Gasteiger partial charge in [-0.3, -0.25) is 9.59 Å². The number of amides is 2. The third-order valence-corrected chi connectivity index (χ3v) is 4.77. The van der Waals surface area contributed by atoms with Gasteiger partial charge in [-0.05, 0) is 69.5 Å². The van der Waals surface area contributed by atoms with E-state index in [1.807, 2.05) is 24.0 Å². The van der Waals surface area contributed by atoms with Crippen molar-refractivity contribution in [3.8, 4) is 0 Å². The molecule has 2 amide bonds. The number of nitrogens with one attached hydrogen (secondary N) is 1. The fourth-order valence-corrected chi connectivity index (χ4v) is 3.17. The highest BCUT2D eigenvalue weighted by Crippen LogP contribution is 2.20. The van der Waals surface area contributed by atoms with E-state index in [1.54, 1.807) is 36.4 Å². The SMILES string of the molecule is Cc1ccc(C(=O)Nc2ccc(C(=O)N3CCCC[C@@H]3C)cc2)cc1. The fourth-order valence-electron chi connectivity index (χ4n) is 3.17. The molecule has 3 rings (SSSR count). The molecular formula is C21H24N2O2. The van der Waals surface area contributed by atoms with Crippen molar-refractivity contribution in [2.45, 2.75) is 39.2 Å². The van der Waals surface area contributed by atoms with Crippen molar-refractivity contribution in [2.75, 3.05) is 11.9 Å². The van der Waals surface area contributed by atoms with Crippen molar-refractivity contribution in [1.82, 2.24) is 4.90 Å². The molecule has 130 valence electrons. The van der Waals surface area contributed by atoms with Crippen molar-refractivity contribution in [3.63, 3.8) is 0 Å². The Hall–Kier alpha value is -2.62. The zero-order chi connectivity index (χ0) is 17.8. The molecule has 0 spiro atoms. The molecule has 2 aromatic rings. The smallest absolute Gasteiger partial charge is 0.255 e. The molecule has 0 radical (unpaired) electrons. The quantitative estimate of drug-likeness (QED) is 0.910. The molecule has 4 nitrogen and oxygen atoms in total. The molecule has 1 N–H and O–H groups in total. The van der Waals surface area contributed by atoms with E-state index in [1.165, 1.54) is 6.42 Å². The van der Waals surface area contributed by atoms with Crippen LogP contribution in [0.25, 0.3) is 0 Å². The van der Waals surface area contributed by atoms with Gasteiger partial charge in [-0.15, -0.1) is 0 Å². The van der Waals surface area contributed by atoms with Crippen LogP contribution >= 0.6 is 0 Å². The monoisotopic (exact) mass is 336 g/mol. The normalized spacial score (nSPS) is 17.2. The van der Waals surface area contributed by atoms with Crippen LogP contribution in [0.5, 0.6) is 0 Å². The average Bonchev–Trinajstić information content (AvgIpc) is 2.63. The molecule has 2 aromatic carbocycles. The van der Waals surface area contributed by atoms with Crippen molar-refractivity contribution < 1.29 is 9.59 Å². The minimum Gasteiger partial charge on any atom is -0.336 e. The molecule has 4 heteroatoms. The summed E-state index contributed by atoms with van der Waals surface area (Å²) in [4.78, 5) is 26.8. The summed E-state index contributed by atoms with van der Waals surface area (Å²) in [6, 6.07) is 14.9. The maximum absolute atomic E-state index is 12.6. The van der Waals surface area contributed by atoms with Gasteiger partial charge in [0, 0.05) is 29.4 Å². The topological polar surface area (TPSA) is 49.4 Å². The molecule has 1 atom stereocenters. The van der Waals surface area contributed by atoms with E-state index in [9.17, 15) is 9.59 Å². The summed E-state index contributed by atoms with van der Waals surface area (Å²) < 4.78 is 0. The average molecular weight is 336 g/mol. The van der Waals surface area contributed by atoms with Crippen LogP contribution in [-0.4, -0.2) is 29.3 Å². The van der Waals surface area contributed by atoms with E-state index in [4.69, 9.17) is 0 Å². The molecule has 0 unspecified atom stereocenters. The lowest BCUT2D eigenvalue weighted by Crippen LogP contribution is -2.42. The lowest BCUT2D eigenvalue weighted by Gasteiger charge is -2.33. The predicted octanol–water partition coefficient (Wildman–Crippen LogP) is 4.26. The Bertz CT molecular complexity index is 750. The Morgan fingerprint density at radius 1 is 0.960 bits per heavy atom. The number of rotatable bonds is 3. The molecule has 0 bridgehead atoms. The number of hydrogen-bond acceptors (Lipinski definition) is 2. The summed E-state index contributed by atoms with van der Waals surface area (Å²) in [5, 5.41) is 2.87. The zero-order valence-corrected chi connectivity index (χ0v) is 14.8. The summed E-state index contributed by atoms with van der Waals surface area (Å²) in [5.74, 6) is -0.0765. The number of nitrogens with zero attached hydrogens (tertiary/aromatic N) is 1. The van der Waals surface area contributed by atoms with E-state index in [0.29, 0.717) is 22.9 Å². The van der Waals surface area contributed by atoms with Crippen LogP contribution in [-0.2, 0) is 0 Å². The van der Waals surface area contributed by atoms with E-state index >= 15 is 0 Å². The number of benzene rings is 2. The van der Waals surface area contributed by atoms with Crippen LogP contribution in [0.2, 0.25) is 0 Å². The Kier molecular flexibility index (Phi) is 5.17. The number of piperidine rings is 1. The number of carbonyl (C=O) groups excluding carboxylic acids is 2. The molecule has 1 heterocycles. The van der Waals surface area contributed by atoms with Crippen LogP contribution < -0.4 is 5.32 Å². The van der Waals surface area contributed by atoms with Gasteiger partial charge in [0.1, 0.15) is 0 Å². The van der Waals surface area contributed by atoms with Gasteiger partial charge in [-0.25, -0.2) is 0 Å². The summed E-state index contributed by atoms with van der Waals surface area (Å²) >= 11 is 0. The lowest BCUT2D eigenvalue weighted by atomic mass is 10.0. The van der Waals surface area contributed by atoms with Crippen LogP contribution in [0, 0.1) is 6.92 Å². The summed E-state index contributed by atoms with van der Waals surface area (Å²) in [6.07, 6.45) is 3.33. The highest BCUT2D eigenvalue weighted by Gasteiger charge is 2.24. The Balaban J connectivity index is 1.66. The first-order valence-electron chi connectivity index (χ1n) is 8.83. The summed E-state index contributed by atoms with van der Waals surface area (Å²) in [7, 11) is 0. The van der Waals surface area contributed by atoms with Crippen LogP contribution in [0.3, 0.4) is 0 Å². The minimum absolute atomic E-state index is 0.0728. The summed E-state index contributed by atoms with van der Waals surface area (Å²) in [6.45, 7) is 4.92. The van der Waals surface area contributed by atoms with Gasteiger partial charge >= 0.3 is 0 Å². The highest BCUT2D eigenvalue weighted by molar-refractivity contribution is 6.04. The summed E-state index contributed by atoms with van der Waals surface area (Å²) in [5.41, 5.74) is 3.09. The number of aryl methyl sites for hydroxylation is 1. The molecule has 1 aliphatic rings. The van der Waals surface area contributed by atoms with E-state index in [2.05, 4.69) is 12.2 Å². The molecule has 0 aliphatic carbocycles. The second-order valence-corrected chi connectivity index (χ2v) is 6.74. The van der Waals surface area contributed by atoms with Crippen LogP contribution in [0.4, 0.5) is 5.69 Å². The first-order chi connectivity index (χ1) is 12.0.